The van der Waals surface area contributed by atoms with Crippen molar-refractivity contribution >= 4 is 41.5 Å². The van der Waals surface area contributed by atoms with E-state index in [1.165, 1.54) is 6.92 Å². The number of guanidine groups is 1. The molecule has 0 saturated heterocycles. The van der Waals surface area contributed by atoms with E-state index in [0.717, 1.165) is 30.2 Å². The molecule has 174 valence electrons. The third-order valence-corrected chi connectivity index (χ3v) is 4.82. The lowest BCUT2D eigenvalue weighted by Crippen LogP contribution is -2.45. The Morgan fingerprint density at radius 2 is 2.00 bits per heavy atom. The average Bonchev–Trinajstić information content (AvgIpc) is 2.70. The lowest BCUT2D eigenvalue weighted by molar-refractivity contribution is -0.114. The highest BCUT2D eigenvalue weighted by Gasteiger charge is 2.33. The summed E-state index contributed by atoms with van der Waals surface area (Å²) < 4.78 is 11.9. The minimum atomic E-state index is -0.259. The van der Waals surface area contributed by atoms with Crippen molar-refractivity contribution in [2.75, 3.05) is 25.0 Å². The number of aliphatic imine (C=N–C) groups is 1. The molecule has 0 fully saturated rings. The summed E-state index contributed by atoms with van der Waals surface area (Å²) in [6.07, 6.45) is 0.834. The second-order valence-electron chi connectivity index (χ2n) is 8.12. The molecule has 0 aromatic heterocycles. The molecule has 8 heteroatoms. The number of para-hydroxylation sites is 1. The zero-order valence-electron chi connectivity index (χ0n) is 19.1. The van der Waals surface area contributed by atoms with E-state index in [4.69, 9.17) is 9.47 Å². The van der Waals surface area contributed by atoms with Crippen LogP contribution >= 0.6 is 24.0 Å². The van der Waals surface area contributed by atoms with Crippen LogP contribution in [0.5, 0.6) is 11.5 Å². The summed E-state index contributed by atoms with van der Waals surface area (Å²) in [6.45, 7) is 9.41. The second kappa shape index (κ2) is 11.9. The van der Waals surface area contributed by atoms with Crippen molar-refractivity contribution in [2.24, 2.45) is 4.99 Å². The molecular formula is C24H33IN4O3. The van der Waals surface area contributed by atoms with E-state index in [2.05, 4.69) is 40.9 Å². The van der Waals surface area contributed by atoms with Crippen LogP contribution in [0.2, 0.25) is 0 Å². The van der Waals surface area contributed by atoms with E-state index in [1.54, 1.807) is 6.07 Å². The fraction of sp³-hybridized carbons (Fsp3) is 0.417. The van der Waals surface area contributed by atoms with Gasteiger partial charge in [-0.1, -0.05) is 24.3 Å². The number of hydrogen-bond acceptors (Lipinski definition) is 4. The molecule has 0 bridgehead atoms. The van der Waals surface area contributed by atoms with Crippen LogP contribution in [0.4, 0.5) is 5.69 Å². The van der Waals surface area contributed by atoms with Gasteiger partial charge in [-0.15, -0.1) is 24.0 Å². The topological polar surface area (TPSA) is 84.0 Å². The van der Waals surface area contributed by atoms with Gasteiger partial charge in [0.2, 0.25) is 5.91 Å². The maximum absolute atomic E-state index is 11.2. The van der Waals surface area contributed by atoms with Gasteiger partial charge in [0.05, 0.1) is 12.6 Å². The summed E-state index contributed by atoms with van der Waals surface area (Å²) in [4.78, 5) is 15.9. The molecule has 3 N–H and O–H groups in total. The monoisotopic (exact) mass is 552 g/mol. The maximum atomic E-state index is 11.2. The first-order valence-electron chi connectivity index (χ1n) is 10.7. The number of rotatable bonds is 7. The van der Waals surface area contributed by atoms with E-state index in [1.807, 2.05) is 43.3 Å². The van der Waals surface area contributed by atoms with Crippen LogP contribution in [-0.4, -0.2) is 37.2 Å². The lowest BCUT2D eigenvalue weighted by Gasteiger charge is -2.38. The Morgan fingerprint density at radius 1 is 1.22 bits per heavy atom. The van der Waals surface area contributed by atoms with E-state index < -0.39 is 0 Å². The molecule has 0 aliphatic carbocycles. The van der Waals surface area contributed by atoms with Crippen molar-refractivity contribution in [1.29, 1.82) is 0 Å². The van der Waals surface area contributed by atoms with E-state index in [0.29, 0.717) is 24.6 Å². The lowest BCUT2D eigenvalue weighted by atomic mass is 9.90. The van der Waals surface area contributed by atoms with Gasteiger partial charge in [0.25, 0.3) is 0 Å². The van der Waals surface area contributed by atoms with Crippen LogP contribution in [0, 0.1) is 0 Å². The zero-order chi connectivity index (χ0) is 22.3. The number of benzene rings is 2. The Hall–Kier alpha value is -2.49. The molecule has 1 unspecified atom stereocenters. The van der Waals surface area contributed by atoms with Crippen LogP contribution < -0.4 is 25.4 Å². The molecule has 1 amide bonds. The number of anilines is 1. The Morgan fingerprint density at radius 3 is 2.75 bits per heavy atom. The van der Waals surface area contributed by atoms with Crippen LogP contribution in [0.15, 0.2) is 53.5 Å². The molecule has 0 spiro atoms. The fourth-order valence-electron chi connectivity index (χ4n) is 3.60. The van der Waals surface area contributed by atoms with Crippen molar-refractivity contribution in [2.45, 2.75) is 45.8 Å². The third-order valence-electron chi connectivity index (χ3n) is 4.82. The molecule has 2 aromatic carbocycles. The maximum Gasteiger partial charge on any atom is 0.221 e. The van der Waals surface area contributed by atoms with Gasteiger partial charge in [-0.05, 0) is 39.0 Å². The van der Waals surface area contributed by atoms with Crippen molar-refractivity contribution < 1.29 is 14.3 Å². The summed E-state index contributed by atoms with van der Waals surface area (Å²) >= 11 is 0. The van der Waals surface area contributed by atoms with Gasteiger partial charge in [-0.3, -0.25) is 4.79 Å². The fourth-order valence-corrected chi connectivity index (χ4v) is 3.60. The Balaban J connectivity index is 0.00000363. The first-order valence-corrected chi connectivity index (χ1v) is 10.7. The number of hydrogen-bond donors (Lipinski definition) is 3. The SMILES string of the molecule is CCNC(=NCCOc1cccc(NC(C)=O)c1)NC1CC(C)(C)Oc2ccccc21.I. The molecule has 7 nitrogen and oxygen atoms in total. The second-order valence-corrected chi connectivity index (χ2v) is 8.12. The van der Waals surface area contributed by atoms with Gasteiger partial charge >= 0.3 is 0 Å². The number of nitrogens with zero attached hydrogens (tertiary/aromatic N) is 1. The van der Waals surface area contributed by atoms with Crippen LogP contribution in [-0.2, 0) is 4.79 Å². The summed E-state index contributed by atoms with van der Waals surface area (Å²) in [7, 11) is 0. The number of nitrogens with one attached hydrogen (secondary N) is 3. The van der Waals surface area contributed by atoms with Gasteiger partial charge < -0.3 is 25.4 Å². The highest BCUT2D eigenvalue weighted by molar-refractivity contribution is 14.0. The number of halogens is 1. The molecule has 1 heterocycles. The average molecular weight is 552 g/mol. The minimum Gasteiger partial charge on any atom is -0.492 e. The smallest absolute Gasteiger partial charge is 0.221 e. The molecule has 0 saturated carbocycles. The number of amides is 1. The van der Waals surface area contributed by atoms with Crippen molar-refractivity contribution in [3.05, 3.63) is 54.1 Å². The highest BCUT2D eigenvalue weighted by atomic mass is 127. The van der Waals surface area contributed by atoms with Gasteiger partial charge in [0.1, 0.15) is 23.7 Å². The first kappa shape index (κ1) is 25.8. The predicted octanol–water partition coefficient (Wildman–Crippen LogP) is 4.50. The Bertz CT molecular complexity index is 933. The number of ether oxygens (including phenoxy) is 2. The van der Waals surface area contributed by atoms with E-state index >= 15 is 0 Å². The predicted molar refractivity (Wildman–Crippen MR) is 139 cm³/mol. The molecular weight excluding hydrogens is 519 g/mol. The van der Waals surface area contributed by atoms with E-state index in [9.17, 15) is 4.79 Å². The Kier molecular flexibility index (Phi) is 9.61. The standard InChI is InChI=1S/C24H32N4O3.HI/c1-5-25-23(26-13-14-30-19-10-8-9-18(15-19)27-17(2)29)28-21-16-24(3,4)31-22-12-7-6-11-20(21)22;/h6-12,15,21H,5,13-14,16H2,1-4H3,(H,27,29)(H2,25,26,28);1H. The minimum absolute atomic E-state index is 0. The molecule has 1 aliphatic heterocycles. The first-order chi connectivity index (χ1) is 14.9. The normalized spacial score (nSPS) is 16.6. The largest absolute Gasteiger partial charge is 0.492 e. The number of fused-ring (bicyclic) bond motifs is 1. The molecule has 32 heavy (non-hydrogen) atoms. The van der Waals surface area contributed by atoms with Crippen LogP contribution in [0.25, 0.3) is 0 Å². The van der Waals surface area contributed by atoms with Crippen molar-refractivity contribution in [1.82, 2.24) is 10.6 Å². The molecule has 3 rings (SSSR count). The zero-order valence-corrected chi connectivity index (χ0v) is 21.4. The number of carbonyl (C=O) groups is 1. The third kappa shape index (κ3) is 7.58. The summed E-state index contributed by atoms with van der Waals surface area (Å²) in [5.74, 6) is 2.24. The molecule has 0 radical (unpaired) electrons. The quantitative estimate of drug-likeness (QED) is 0.204. The van der Waals surface area contributed by atoms with Crippen LogP contribution in [0.3, 0.4) is 0 Å². The molecule has 1 aliphatic rings. The van der Waals surface area contributed by atoms with Crippen LogP contribution in [0.1, 0.15) is 45.7 Å². The molecule has 1 atom stereocenters. The van der Waals surface area contributed by atoms with Gasteiger partial charge in [-0.25, -0.2) is 4.99 Å². The number of carbonyl (C=O) groups excluding carboxylic acids is 1. The van der Waals surface area contributed by atoms with E-state index in [-0.39, 0.29) is 41.5 Å². The van der Waals surface area contributed by atoms with Gasteiger partial charge in [-0.2, -0.15) is 0 Å². The van der Waals surface area contributed by atoms with Gasteiger partial charge in [0.15, 0.2) is 5.96 Å². The summed E-state index contributed by atoms with van der Waals surface area (Å²) in [5, 5.41) is 9.62. The van der Waals surface area contributed by atoms with Crippen molar-refractivity contribution in [3.8, 4) is 11.5 Å². The van der Waals surface area contributed by atoms with Crippen molar-refractivity contribution in [3.63, 3.8) is 0 Å². The summed E-state index contributed by atoms with van der Waals surface area (Å²) in [5.41, 5.74) is 1.59. The molecule has 2 aromatic rings. The summed E-state index contributed by atoms with van der Waals surface area (Å²) in [6, 6.07) is 15.6. The Labute approximate surface area is 207 Å². The van der Waals surface area contributed by atoms with Gasteiger partial charge in [0, 0.05) is 37.2 Å². The highest BCUT2D eigenvalue weighted by Crippen LogP contribution is 2.39.